The van der Waals surface area contributed by atoms with Crippen molar-refractivity contribution in [3.63, 3.8) is 0 Å². The first-order valence-electron chi connectivity index (χ1n) is 7.20. The molecule has 0 bridgehead atoms. The smallest absolute Gasteiger partial charge is 0.176 e. The predicted molar refractivity (Wildman–Crippen MR) is 94.0 cm³/mol. The Morgan fingerprint density at radius 3 is 2.48 bits per heavy atom. The average Bonchev–Trinajstić information content (AvgIpc) is 2.47. The molecule has 0 fully saturated rings. The second-order valence-corrected chi connectivity index (χ2v) is 5.58. The van der Waals surface area contributed by atoms with Crippen LogP contribution in [0.4, 0.5) is 11.5 Å². The number of nitrogens with one attached hydrogen (secondary N) is 2. The molecule has 0 saturated heterocycles. The number of thiocarbonyl (C=S) groups is 1. The van der Waals surface area contributed by atoms with Gasteiger partial charge in [-0.25, -0.2) is 4.98 Å². The Labute approximate surface area is 131 Å². The number of benzene rings is 1. The van der Waals surface area contributed by atoms with Crippen molar-refractivity contribution in [2.75, 3.05) is 10.6 Å². The minimum atomic E-state index is 0.546. The van der Waals surface area contributed by atoms with Crippen LogP contribution in [0, 0.1) is 6.92 Å². The lowest BCUT2D eigenvalue weighted by Gasteiger charge is -2.12. The SMILES string of the molecule is CCC(C)c1ccc(NC(=S)Nc2cccc(C)n2)cc1. The molecule has 1 atom stereocenters. The maximum Gasteiger partial charge on any atom is 0.176 e. The maximum atomic E-state index is 5.31. The molecule has 2 rings (SSSR count). The van der Waals surface area contributed by atoms with Crippen LogP contribution < -0.4 is 10.6 Å². The molecule has 3 nitrogen and oxygen atoms in total. The van der Waals surface area contributed by atoms with Crippen LogP contribution in [0.25, 0.3) is 0 Å². The van der Waals surface area contributed by atoms with Gasteiger partial charge in [-0.2, -0.15) is 0 Å². The first-order valence-corrected chi connectivity index (χ1v) is 7.61. The van der Waals surface area contributed by atoms with Crippen molar-refractivity contribution in [1.82, 2.24) is 4.98 Å². The van der Waals surface area contributed by atoms with E-state index in [-0.39, 0.29) is 0 Å². The molecule has 21 heavy (non-hydrogen) atoms. The molecule has 1 unspecified atom stereocenters. The highest BCUT2D eigenvalue weighted by Gasteiger charge is 2.04. The van der Waals surface area contributed by atoms with Gasteiger partial charge in [0.25, 0.3) is 0 Å². The summed E-state index contributed by atoms with van der Waals surface area (Å²) < 4.78 is 0. The fourth-order valence-electron chi connectivity index (χ4n) is 2.02. The Bertz CT molecular complexity index is 608. The molecule has 0 spiro atoms. The molecule has 0 aliphatic heterocycles. The van der Waals surface area contributed by atoms with Crippen LogP contribution in [-0.4, -0.2) is 10.1 Å². The van der Waals surface area contributed by atoms with Gasteiger partial charge in [0.1, 0.15) is 5.82 Å². The monoisotopic (exact) mass is 299 g/mol. The molecule has 0 saturated carbocycles. The van der Waals surface area contributed by atoms with Gasteiger partial charge >= 0.3 is 0 Å². The van der Waals surface area contributed by atoms with Crippen LogP contribution in [0.3, 0.4) is 0 Å². The number of hydrogen-bond acceptors (Lipinski definition) is 2. The zero-order chi connectivity index (χ0) is 15.2. The fourth-order valence-corrected chi connectivity index (χ4v) is 2.24. The van der Waals surface area contributed by atoms with Gasteiger partial charge in [-0.3, -0.25) is 0 Å². The average molecular weight is 299 g/mol. The zero-order valence-electron chi connectivity index (χ0n) is 12.7. The topological polar surface area (TPSA) is 37.0 Å². The number of pyridine rings is 1. The zero-order valence-corrected chi connectivity index (χ0v) is 13.5. The summed E-state index contributed by atoms with van der Waals surface area (Å²) in [4.78, 5) is 4.36. The van der Waals surface area contributed by atoms with Gasteiger partial charge in [-0.1, -0.05) is 32.0 Å². The predicted octanol–water partition coefficient (Wildman–Crippen LogP) is 4.71. The van der Waals surface area contributed by atoms with E-state index in [0.717, 1.165) is 23.6 Å². The van der Waals surface area contributed by atoms with Crippen LogP contribution in [0.1, 0.15) is 37.4 Å². The number of hydrogen-bond donors (Lipinski definition) is 2. The quantitative estimate of drug-likeness (QED) is 0.802. The van der Waals surface area contributed by atoms with Crippen molar-refractivity contribution in [3.05, 3.63) is 53.7 Å². The second kappa shape index (κ2) is 7.18. The third-order valence-corrected chi connectivity index (χ3v) is 3.68. The standard InChI is InChI=1S/C17H21N3S/c1-4-12(2)14-8-10-15(11-9-14)19-17(21)20-16-7-5-6-13(3)18-16/h5-12H,4H2,1-3H3,(H2,18,19,20,21). The molecule has 0 radical (unpaired) electrons. The summed E-state index contributed by atoms with van der Waals surface area (Å²) in [5, 5.41) is 6.81. The van der Waals surface area contributed by atoms with E-state index in [9.17, 15) is 0 Å². The van der Waals surface area contributed by atoms with Gasteiger partial charge in [-0.05, 0) is 61.3 Å². The van der Waals surface area contributed by atoms with Crippen molar-refractivity contribution in [2.24, 2.45) is 0 Å². The molecule has 110 valence electrons. The maximum absolute atomic E-state index is 5.31. The molecule has 1 aromatic carbocycles. The third kappa shape index (κ3) is 4.53. The number of aryl methyl sites for hydroxylation is 1. The van der Waals surface area contributed by atoms with E-state index in [1.54, 1.807) is 0 Å². The van der Waals surface area contributed by atoms with E-state index in [2.05, 4.69) is 53.7 Å². The van der Waals surface area contributed by atoms with E-state index in [1.165, 1.54) is 5.56 Å². The van der Waals surface area contributed by atoms with E-state index < -0.39 is 0 Å². The molecule has 2 N–H and O–H groups in total. The van der Waals surface area contributed by atoms with Gasteiger partial charge < -0.3 is 10.6 Å². The summed E-state index contributed by atoms with van der Waals surface area (Å²) in [6.45, 7) is 6.39. The van der Waals surface area contributed by atoms with Crippen molar-refractivity contribution < 1.29 is 0 Å². The molecule has 0 aliphatic rings. The van der Waals surface area contributed by atoms with Crippen molar-refractivity contribution >= 4 is 28.8 Å². The summed E-state index contributed by atoms with van der Waals surface area (Å²) in [7, 11) is 0. The van der Waals surface area contributed by atoms with Crippen LogP contribution in [0.15, 0.2) is 42.5 Å². The fraction of sp³-hybridized carbons (Fsp3) is 0.294. The molecular weight excluding hydrogens is 278 g/mol. The molecule has 4 heteroatoms. The van der Waals surface area contributed by atoms with Crippen LogP contribution in [0.2, 0.25) is 0 Å². The number of aromatic nitrogens is 1. The molecule has 0 aliphatic carbocycles. The van der Waals surface area contributed by atoms with Crippen LogP contribution in [-0.2, 0) is 0 Å². The Kier molecular flexibility index (Phi) is 5.28. The van der Waals surface area contributed by atoms with Gasteiger partial charge in [0.15, 0.2) is 5.11 Å². The van der Waals surface area contributed by atoms with Gasteiger partial charge in [0, 0.05) is 11.4 Å². The Balaban J connectivity index is 1.96. The van der Waals surface area contributed by atoms with Crippen molar-refractivity contribution in [2.45, 2.75) is 33.1 Å². The summed E-state index contributed by atoms with van der Waals surface area (Å²) in [5.41, 5.74) is 3.29. The van der Waals surface area contributed by atoms with E-state index in [4.69, 9.17) is 12.2 Å². The lowest BCUT2D eigenvalue weighted by atomic mass is 9.99. The lowest BCUT2D eigenvalue weighted by Crippen LogP contribution is -2.19. The highest BCUT2D eigenvalue weighted by molar-refractivity contribution is 7.80. The molecule has 1 heterocycles. The van der Waals surface area contributed by atoms with Gasteiger partial charge in [-0.15, -0.1) is 0 Å². The first-order chi connectivity index (χ1) is 10.1. The highest BCUT2D eigenvalue weighted by atomic mass is 32.1. The Hall–Kier alpha value is -1.94. The van der Waals surface area contributed by atoms with Gasteiger partial charge in [0.05, 0.1) is 0 Å². The van der Waals surface area contributed by atoms with Crippen LogP contribution >= 0.6 is 12.2 Å². The van der Waals surface area contributed by atoms with Crippen molar-refractivity contribution in [3.8, 4) is 0 Å². The lowest BCUT2D eigenvalue weighted by molar-refractivity contribution is 0.734. The summed E-state index contributed by atoms with van der Waals surface area (Å²) in [6.07, 6.45) is 1.14. The van der Waals surface area contributed by atoms with Crippen LogP contribution in [0.5, 0.6) is 0 Å². The summed E-state index contributed by atoms with van der Waals surface area (Å²) in [6, 6.07) is 14.2. The largest absolute Gasteiger partial charge is 0.332 e. The number of anilines is 2. The normalized spacial score (nSPS) is 11.8. The Morgan fingerprint density at radius 1 is 1.14 bits per heavy atom. The minimum absolute atomic E-state index is 0.546. The second-order valence-electron chi connectivity index (χ2n) is 5.17. The molecule has 1 aromatic heterocycles. The number of nitrogens with zero attached hydrogens (tertiary/aromatic N) is 1. The summed E-state index contributed by atoms with van der Waals surface area (Å²) >= 11 is 5.31. The molecule has 2 aromatic rings. The minimum Gasteiger partial charge on any atom is -0.332 e. The Morgan fingerprint density at radius 2 is 1.86 bits per heavy atom. The molecular formula is C17H21N3S. The summed E-state index contributed by atoms with van der Waals surface area (Å²) in [5.74, 6) is 1.34. The van der Waals surface area contributed by atoms with Crippen molar-refractivity contribution in [1.29, 1.82) is 0 Å². The first kappa shape index (κ1) is 15.4. The van der Waals surface area contributed by atoms with E-state index in [1.807, 2.05) is 25.1 Å². The number of rotatable bonds is 4. The molecule has 0 amide bonds. The third-order valence-electron chi connectivity index (χ3n) is 3.48. The van der Waals surface area contributed by atoms with E-state index >= 15 is 0 Å². The van der Waals surface area contributed by atoms with Gasteiger partial charge in [0.2, 0.25) is 0 Å². The van der Waals surface area contributed by atoms with E-state index in [0.29, 0.717) is 11.0 Å². The highest BCUT2D eigenvalue weighted by Crippen LogP contribution is 2.20.